The SMILES string of the molecule is COc1ccc(C)cc1.Cc1c(F)cccc1CN.Cc1cc(F)ccc1CN.Cc1ccc(CN)cc1.Cc1ccc(F)cc1CN.Cc1ccc2c(N)nccc2c1.Cc1ccc2c(N)ncnc2c1.Cc1ccc2c(N)nncc2c1.Cc1ccc2ccnc(N)c2c1.Cc1ccc2cnnc(N)c2c1.Cc1ccc2ncnc(N)c2c1.Cc1cccc(CN)c1.Cc1cccc(F)c1CN.Cc1ccccc1CN. The molecule has 768 valence electrons. The summed E-state index contributed by atoms with van der Waals surface area (Å²) < 4.78 is 55.4. The molecule has 0 aliphatic carbocycles. The number of aromatic nitrogens is 10. The summed E-state index contributed by atoms with van der Waals surface area (Å²) >= 11 is 0. The van der Waals surface area contributed by atoms with Gasteiger partial charge in [0.05, 0.1) is 30.5 Å². The smallest absolute Gasteiger partial charge is 0.153 e. The molecule has 0 saturated heterocycles. The van der Waals surface area contributed by atoms with Crippen LogP contribution in [0.1, 0.15) is 117 Å². The maximum atomic E-state index is 12.8. The van der Waals surface area contributed by atoms with Crippen molar-refractivity contribution in [2.24, 2.45) is 40.1 Å². The molecule has 0 unspecified atom stereocenters. The first kappa shape index (κ1) is 118. The molecule has 0 aliphatic heterocycles. The summed E-state index contributed by atoms with van der Waals surface area (Å²) in [5.74, 6) is 3.41. The fraction of sp³-hybridized carbons (Fsp3) is 0.183. The first-order chi connectivity index (χ1) is 70.9. The summed E-state index contributed by atoms with van der Waals surface area (Å²) in [6, 6.07) is 92.0. The van der Waals surface area contributed by atoms with Crippen LogP contribution in [0.5, 0.6) is 5.75 Å². The molecule has 26 N–H and O–H groups in total. The maximum absolute atomic E-state index is 12.8. The number of methoxy groups -OCH3 is 1. The van der Waals surface area contributed by atoms with Crippen molar-refractivity contribution in [3.63, 3.8) is 0 Å². The van der Waals surface area contributed by atoms with E-state index in [9.17, 15) is 17.6 Å². The van der Waals surface area contributed by atoms with E-state index >= 15 is 0 Å². The molecule has 0 aliphatic rings. The van der Waals surface area contributed by atoms with E-state index in [0.717, 1.165) is 104 Å². The lowest BCUT2D eigenvalue weighted by atomic mass is 10.1. The predicted molar refractivity (Wildman–Crippen MR) is 608 cm³/mol. The summed E-state index contributed by atoms with van der Waals surface area (Å²) in [6.07, 6.45) is 9.86. The van der Waals surface area contributed by atoms with Gasteiger partial charge in [0, 0.05) is 107 Å². The van der Waals surface area contributed by atoms with Crippen LogP contribution in [0.3, 0.4) is 0 Å². The van der Waals surface area contributed by atoms with Gasteiger partial charge in [-0.1, -0.05) is 233 Å². The molecule has 0 amide bonds. The molecule has 0 radical (unpaired) electrons. The first-order valence-electron chi connectivity index (χ1n) is 47.7. The average molecular weight is 2000 g/mol. The highest BCUT2D eigenvalue weighted by Crippen LogP contribution is 2.26. The van der Waals surface area contributed by atoms with Gasteiger partial charge >= 0.3 is 0 Å². The second-order valence-corrected chi connectivity index (χ2v) is 34.6. The van der Waals surface area contributed by atoms with Crippen molar-refractivity contribution in [2.45, 2.75) is 143 Å². The van der Waals surface area contributed by atoms with Crippen LogP contribution in [0.4, 0.5) is 52.5 Å². The van der Waals surface area contributed by atoms with Crippen molar-refractivity contribution in [3.8, 4) is 5.75 Å². The standard InChI is InChI=1S/2C10H10N2.4C9H9N3.4C8H10FN.3C8H11N.C8H10O/c1-7-2-3-9-8(6-7)4-5-12-10(9)11;1-7-2-3-8-4-5-12-10(11)9(8)6-7;1-6-2-3-8-7(4-6)9(10)12-5-11-8;1-6-2-3-8-7(4-6)5-11-12-9(8)10;1-6-2-3-7-8(4-6)11-5-12-9(7)10;1-6-2-3-7-5-11-12-9(10)8(7)4-6;1-6-4-8(9)3-2-7(6)5-10;1-6-2-3-8(9)4-7(6)5-10;1-6-7(5-10)3-2-4-8(6)9;1-6-3-2-4-8(9)7(6)5-10;1-7-2-4-8(6-9)5-3-7;1-7-3-2-4-8(5-7)6-9;1-7-4-2-3-5-8(7)6-9;1-7-3-5-8(9-2)6-4-7/h2*2-6H,1H3,(H2,11,12);2-5H,1H3,(H2,10,11,12);2-5H,1H3,(H2,10,12);2-5H,1H3,(H2,10,11,12);2-5H,1H3,(H2,10,12);4*2-4H,5,10H2,1H3;3*2-5H,6,9H2,1H3;3-6H,1-2H3. The van der Waals surface area contributed by atoms with Crippen LogP contribution in [0.15, 0.2) is 329 Å². The highest BCUT2D eigenvalue weighted by molar-refractivity contribution is 5.94. The second-order valence-electron chi connectivity index (χ2n) is 34.6. The number of rotatable bonds is 8. The number of ether oxygens (including phenoxy) is 1. The van der Waals surface area contributed by atoms with Crippen molar-refractivity contribution in [2.75, 3.05) is 41.5 Å². The number of anilines is 6. The Kier molecular flexibility index (Phi) is 49.6. The lowest BCUT2D eigenvalue weighted by Crippen LogP contribution is -2.01. The van der Waals surface area contributed by atoms with E-state index in [0.29, 0.717) is 85.3 Å². The first-order valence-corrected chi connectivity index (χ1v) is 47.7. The van der Waals surface area contributed by atoms with Crippen LogP contribution in [-0.4, -0.2) is 57.4 Å². The summed E-state index contributed by atoms with van der Waals surface area (Å²) in [5, 5.41) is 25.3. The summed E-state index contributed by atoms with van der Waals surface area (Å²) in [4.78, 5) is 24.1. The van der Waals surface area contributed by atoms with E-state index in [2.05, 4.69) is 158 Å². The van der Waals surface area contributed by atoms with E-state index < -0.39 is 0 Å². The number of benzene rings is 14. The molecular weight excluding hydrogens is 1860 g/mol. The van der Waals surface area contributed by atoms with Crippen LogP contribution < -0.4 is 79.3 Å². The van der Waals surface area contributed by atoms with Gasteiger partial charge in [0.15, 0.2) is 11.6 Å². The van der Waals surface area contributed by atoms with E-state index in [1.165, 1.54) is 121 Å². The number of aryl methyl sites for hydroxylation is 13. The molecule has 20 rings (SSSR count). The van der Waals surface area contributed by atoms with E-state index in [4.69, 9.17) is 79.3 Å². The van der Waals surface area contributed by atoms with Crippen LogP contribution in [0.25, 0.3) is 64.9 Å². The third-order valence-electron chi connectivity index (χ3n) is 22.9. The summed E-state index contributed by atoms with van der Waals surface area (Å²) in [7, 11) is 1.67. The molecule has 148 heavy (non-hydrogen) atoms. The Morgan fingerprint density at radius 3 is 1.22 bits per heavy atom. The van der Waals surface area contributed by atoms with Crippen LogP contribution in [0, 0.1) is 120 Å². The lowest BCUT2D eigenvalue weighted by Gasteiger charge is -2.01. The Balaban J connectivity index is 0.000000216. The van der Waals surface area contributed by atoms with Crippen LogP contribution >= 0.6 is 0 Å². The second kappa shape index (κ2) is 62.1. The highest BCUT2D eigenvalue weighted by atomic mass is 19.1. The van der Waals surface area contributed by atoms with Crippen molar-refractivity contribution in [1.29, 1.82) is 0 Å². The van der Waals surface area contributed by atoms with E-state index in [-0.39, 0.29) is 29.8 Å². The molecule has 6 heterocycles. The Morgan fingerprint density at radius 2 is 0.676 bits per heavy atom. The number of hydrogen-bond donors (Lipinski definition) is 13. The van der Waals surface area contributed by atoms with Gasteiger partial charge < -0.3 is 79.3 Å². The topological polar surface area (TPSA) is 476 Å². The lowest BCUT2D eigenvalue weighted by molar-refractivity contribution is 0.414. The fourth-order valence-electron chi connectivity index (χ4n) is 14.1. The number of hydrogen-bond acceptors (Lipinski definition) is 24. The highest BCUT2D eigenvalue weighted by Gasteiger charge is 2.08. The third-order valence-corrected chi connectivity index (χ3v) is 22.9. The van der Waals surface area contributed by atoms with Crippen molar-refractivity contribution in [1.82, 2.24) is 50.3 Å². The Labute approximate surface area is 866 Å². The molecule has 6 aromatic heterocycles. The minimum Gasteiger partial charge on any atom is -0.497 e. The monoisotopic (exact) mass is 1990 g/mol. The minimum atomic E-state index is -0.217. The van der Waals surface area contributed by atoms with Gasteiger partial charge in [-0.15, -0.1) is 10.2 Å². The average Bonchev–Trinajstić information content (AvgIpc) is 0.837. The van der Waals surface area contributed by atoms with Crippen LogP contribution in [0.2, 0.25) is 0 Å². The molecular formula is C120H139F4N23O. The molecule has 0 bridgehead atoms. The van der Waals surface area contributed by atoms with Gasteiger partial charge in [0.2, 0.25) is 0 Å². The molecule has 20 aromatic rings. The number of fused-ring (bicyclic) bond motifs is 6. The number of halogens is 4. The fourth-order valence-corrected chi connectivity index (χ4v) is 14.1. The van der Waals surface area contributed by atoms with Crippen molar-refractivity contribution < 1.29 is 22.3 Å². The van der Waals surface area contributed by atoms with Gasteiger partial charge in [-0.3, -0.25) is 0 Å². The maximum Gasteiger partial charge on any atom is 0.153 e. The van der Waals surface area contributed by atoms with E-state index in [1.54, 1.807) is 63.1 Å². The predicted octanol–water partition coefficient (Wildman–Crippen LogP) is 23.1. The number of pyridine rings is 2. The van der Waals surface area contributed by atoms with E-state index in [1.807, 2.05) is 213 Å². The Bertz CT molecular complexity index is 7090. The normalized spacial score (nSPS) is 10.0. The van der Waals surface area contributed by atoms with Crippen LogP contribution in [-0.2, 0) is 45.8 Å². The van der Waals surface area contributed by atoms with Gasteiger partial charge in [-0.25, -0.2) is 47.5 Å². The van der Waals surface area contributed by atoms with Gasteiger partial charge in [0.1, 0.15) is 64.9 Å². The number of nitrogens with two attached hydrogens (primary N) is 13. The van der Waals surface area contributed by atoms with Crippen molar-refractivity contribution >= 4 is 99.8 Å². The largest absolute Gasteiger partial charge is 0.497 e. The Hall–Kier alpha value is -16.7. The molecule has 0 spiro atoms. The summed E-state index contributed by atoms with van der Waals surface area (Å²) in [6.45, 7) is 31.3. The zero-order valence-electron chi connectivity index (χ0n) is 87.0. The molecule has 0 fully saturated rings. The van der Waals surface area contributed by atoms with Gasteiger partial charge in [0.25, 0.3) is 0 Å². The van der Waals surface area contributed by atoms with Gasteiger partial charge in [-0.2, -0.15) is 10.2 Å². The van der Waals surface area contributed by atoms with Gasteiger partial charge in [-0.05, 0) is 278 Å². The molecule has 0 atom stereocenters. The Morgan fingerprint density at radius 1 is 0.250 bits per heavy atom. The molecule has 0 saturated carbocycles. The zero-order chi connectivity index (χ0) is 108. The molecule has 28 heteroatoms. The van der Waals surface area contributed by atoms with Crippen molar-refractivity contribution in [3.05, 3.63) is 469 Å². The third kappa shape index (κ3) is 39.4. The minimum absolute atomic E-state index is 0.178. The molecule has 14 aromatic carbocycles. The zero-order valence-corrected chi connectivity index (χ0v) is 87.0. The molecule has 24 nitrogen and oxygen atoms in total. The summed E-state index contributed by atoms with van der Waals surface area (Å²) in [5.41, 5.74) is 96.3. The quantitative estimate of drug-likeness (QED) is 0.0628. The number of nitrogens with zero attached hydrogens (tertiary/aromatic N) is 10. The number of nitrogen functional groups attached to an aromatic ring is 6.